The Morgan fingerprint density at radius 2 is 2.00 bits per heavy atom. The van der Waals surface area contributed by atoms with E-state index in [1.165, 1.54) is 30.6 Å². The predicted molar refractivity (Wildman–Crippen MR) is 86.3 cm³/mol. The van der Waals surface area contributed by atoms with Gasteiger partial charge in [-0.1, -0.05) is 19.0 Å². The van der Waals surface area contributed by atoms with Gasteiger partial charge in [-0.05, 0) is 50.5 Å². The molecule has 0 spiro atoms. The molecule has 0 saturated heterocycles. The van der Waals surface area contributed by atoms with Crippen LogP contribution >= 0.6 is 11.3 Å². The van der Waals surface area contributed by atoms with Gasteiger partial charge in [0.05, 0.1) is 10.6 Å². The summed E-state index contributed by atoms with van der Waals surface area (Å²) in [6, 6.07) is 2.02. The van der Waals surface area contributed by atoms with Crippen molar-refractivity contribution in [1.82, 2.24) is 10.1 Å². The van der Waals surface area contributed by atoms with E-state index < -0.39 is 0 Å². The fraction of sp³-hybridized carbons (Fsp3) is 0.625. The zero-order valence-electron chi connectivity index (χ0n) is 12.9. The summed E-state index contributed by atoms with van der Waals surface area (Å²) in [6.45, 7) is 6.67. The molecule has 2 aromatic heterocycles. The van der Waals surface area contributed by atoms with Gasteiger partial charge in [0, 0.05) is 10.8 Å². The van der Waals surface area contributed by atoms with Gasteiger partial charge in [-0.2, -0.15) is 4.98 Å². The first-order valence-corrected chi connectivity index (χ1v) is 8.56. The second kappa shape index (κ2) is 5.79. The first kappa shape index (κ1) is 14.6. The summed E-state index contributed by atoms with van der Waals surface area (Å²) >= 11 is 1.56. The Balaban J connectivity index is 1.73. The van der Waals surface area contributed by atoms with E-state index in [9.17, 15) is 0 Å². The quantitative estimate of drug-likeness (QED) is 0.898. The van der Waals surface area contributed by atoms with E-state index in [1.807, 2.05) is 13.0 Å². The Morgan fingerprint density at radius 1 is 1.29 bits per heavy atom. The monoisotopic (exact) mass is 305 g/mol. The van der Waals surface area contributed by atoms with Gasteiger partial charge < -0.3 is 10.3 Å². The van der Waals surface area contributed by atoms with E-state index in [4.69, 9.17) is 10.3 Å². The minimum atomic E-state index is 0.443. The average Bonchev–Trinajstić information content (AvgIpc) is 3.05. The zero-order chi connectivity index (χ0) is 15.0. The minimum absolute atomic E-state index is 0.443. The molecule has 21 heavy (non-hydrogen) atoms. The van der Waals surface area contributed by atoms with Crippen LogP contribution in [0.1, 0.15) is 56.2 Å². The molecule has 0 bridgehead atoms. The highest BCUT2D eigenvalue weighted by atomic mass is 32.1. The van der Waals surface area contributed by atoms with Crippen molar-refractivity contribution in [3.05, 3.63) is 16.8 Å². The van der Waals surface area contributed by atoms with Crippen LogP contribution in [0.15, 0.2) is 10.6 Å². The molecule has 4 nitrogen and oxygen atoms in total. The van der Waals surface area contributed by atoms with Gasteiger partial charge in [0.15, 0.2) is 5.82 Å². The highest BCUT2D eigenvalue weighted by molar-refractivity contribution is 7.16. The van der Waals surface area contributed by atoms with Crippen LogP contribution in [0, 0.1) is 18.8 Å². The molecular weight excluding hydrogens is 282 g/mol. The lowest BCUT2D eigenvalue weighted by Crippen LogP contribution is -2.18. The Labute approximate surface area is 129 Å². The molecule has 0 aliphatic heterocycles. The predicted octanol–water partition coefficient (Wildman–Crippen LogP) is 4.62. The Kier molecular flexibility index (Phi) is 4.02. The average molecular weight is 305 g/mol. The van der Waals surface area contributed by atoms with Crippen LogP contribution in [0.5, 0.6) is 0 Å². The first-order chi connectivity index (χ1) is 10.0. The molecule has 2 N–H and O–H groups in total. The Hall–Kier alpha value is -1.36. The Morgan fingerprint density at radius 3 is 2.57 bits per heavy atom. The number of aryl methyl sites for hydroxylation is 1. The van der Waals surface area contributed by atoms with Crippen LogP contribution in [-0.4, -0.2) is 10.1 Å². The highest BCUT2D eigenvalue weighted by Crippen LogP contribution is 2.39. The molecule has 0 amide bonds. The number of rotatable bonds is 3. The maximum absolute atomic E-state index is 6.00. The molecule has 1 aliphatic rings. The number of nitrogens with two attached hydrogens (primary N) is 1. The third-order valence-corrected chi connectivity index (χ3v) is 5.52. The van der Waals surface area contributed by atoms with Crippen LogP contribution in [-0.2, 0) is 0 Å². The van der Waals surface area contributed by atoms with Gasteiger partial charge in [-0.3, -0.25) is 0 Å². The summed E-state index contributed by atoms with van der Waals surface area (Å²) in [5, 5.41) is 4.96. The number of thiophene rings is 1. The lowest BCUT2D eigenvalue weighted by molar-refractivity contribution is 0.252. The van der Waals surface area contributed by atoms with E-state index in [0.717, 1.165) is 28.2 Å². The summed E-state index contributed by atoms with van der Waals surface area (Å²) in [4.78, 5) is 5.76. The largest absolute Gasteiger partial charge is 0.390 e. The highest BCUT2D eigenvalue weighted by Gasteiger charge is 2.27. The maximum atomic E-state index is 6.00. The molecule has 0 aromatic carbocycles. The standard InChI is InChI=1S/C16H23N3OS/c1-9(2)11-4-6-12(7-5-11)15-18-16(20-19-15)13-8-10(3)21-14(13)17/h8-9,11-12H,4-7,17H2,1-3H3. The molecule has 2 aromatic rings. The molecule has 3 rings (SSSR count). The van der Waals surface area contributed by atoms with Crippen LogP contribution in [0.2, 0.25) is 0 Å². The summed E-state index contributed by atoms with van der Waals surface area (Å²) in [5.74, 6) is 3.50. The van der Waals surface area contributed by atoms with Crippen molar-refractivity contribution in [2.45, 2.75) is 52.4 Å². The number of nitrogen functional groups attached to an aromatic ring is 1. The summed E-state index contributed by atoms with van der Waals surface area (Å²) in [7, 11) is 0. The molecule has 0 unspecified atom stereocenters. The zero-order valence-corrected chi connectivity index (χ0v) is 13.7. The van der Waals surface area contributed by atoms with Crippen LogP contribution in [0.4, 0.5) is 5.00 Å². The van der Waals surface area contributed by atoms with Crippen molar-refractivity contribution in [3.8, 4) is 11.5 Å². The SMILES string of the molecule is Cc1cc(-c2nc(C3CCC(C(C)C)CC3)no2)c(N)s1. The van der Waals surface area contributed by atoms with Crippen LogP contribution < -0.4 is 5.73 Å². The topological polar surface area (TPSA) is 64.9 Å². The van der Waals surface area contributed by atoms with Crippen molar-refractivity contribution in [1.29, 1.82) is 0 Å². The fourth-order valence-electron chi connectivity index (χ4n) is 3.25. The molecule has 1 fully saturated rings. The lowest BCUT2D eigenvalue weighted by Gasteiger charge is -2.29. The van der Waals surface area contributed by atoms with Crippen LogP contribution in [0.25, 0.3) is 11.5 Å². The van der Waals surface area contributed by atoms with Gasteiger partial charge in [0.1, 0.15) is 0 Å². The molecule has 2 heterocycles. The first-order valence-electron chi connectivity index (χ1n) is 7.74. The van der Waals surface area contributed by atoms with E-state index in [0.29, 0.717) is 11.8 Å². The van der Waals surface area contributed by atoms with Gasteiger partial charge in [0.2, 0.25) is 0 Å². The number of anilines is 1. The number of nitrogens with zero attached hydrogens (tertiary/aromatic N) is 2. The van der Waals surface area contributed by atoms with E-state index in [-0.39, 0.29) is 0 Å². The molecule has 114 valence electrons. The van der Waals surface area contributed by atoms with Crippen molar-refractivity contribution in [2.24, 2.45) is 11.8 Å². The van der Waals surface area contributed by atoms with Crippen molar-refractivity contribution in [2.75, 3.05) is 5.73 Å². The lowest BCUT2D eigenvalue weighted by atomic mass is 9.77. The second-order valence-electron chi connectivity index (χ2n) is 6.45. The minimum Gasteiger partial charge on any atom is -0.390 e. The molecule has 0 radical (unpaired) electrons. The number of hydrogen-bond acceptors (Lipinski definition) is 5. The van der Waals surface area contributed by atoms with Crippen molar-refractivity contribution < 1.29 is 4.52 Å². The molecule has 1 aliphatic carbocycles. The van der Waals surface area contributed by atoms with Gasteiger partial charge in [0.25, 0.3) is 5.89 Å². The number of hydrogen-bond donors (Lipinski definition) is 1. The van der Waals surface area contributed by atoms with Gasteiger partial charge in [-0.25, -0.2) is 0 Å². The van der Waals surface area contributed by atoms with Crippen molar-refractivity contribution in [3.63, 3.8) is 0 Å². The third-order valence-electron chi connectivity index (χ3n) is 4.64. The van der Waals surface area contributed by atoms with Gasteiger partial charge >= 0.3 is 0 Å². The third kappa shape index (κ3) is 2.98. The second-order valence-corrected chi connectivity index (χ2v) is 7.74. The van der Waals surface area contributed by atoms with E-state index >= 15 is 0 Å². The fourth-order valence-corrected chi connectivity index (χ4v) is 4.03. The van der Waals surface area contributed by atoms with Gasteiger partial charge in [-0.15, -0.1) is 11.3 Å². The molecule has 5 heteroatoms. The van der Waals surface area contributed by atoms with Crippen LogP contribution in [0.3, 0.4) is 0 Å². The summed E-state index contributed by atoms with van der Waals surface area (Å²) in [5.41, 5.74) is 6.88. The van der Waals surface area contributed by atoms with Crippen molar-refractivity contribution >= 4 is 16.3 Å². The number of aromatic nitrogens is 2. The van der Waals surface area contributed by atoms with E-state index in [1.54, 1.807) is 11.3 Å². The normalized spacial score (nSPS) is 22.9. The summed E-state index contributed by atoms with van der Waals surface area (Å²) in [6.07, 6.45) is 4.87. The maximum Gasteiger partial charge on any atom is 0.260 e. The molecular formula is C16H23N3OS. The smallest absolute Gasteiger partial charge is 0.260 e. The molecule has 1 saturated carbocycles. The van der Waals surface area contributed by atoms with E-state index in [2.05, 4.69) is 24.0 Å². The molecule has 0 atom stereocenters. The summed E-state index contributed by atoms with van der Waals surface area (Å²) < 4.78 is 5.44. The Bertz CT molecular complexity index is 609.